The first kappa shape index (κ1) is 32.9. The van der Waals surface area contributed by atoms with E-state index in [1.807, 2.05) is 0 Å². The Morgan fingerprint density at radius 2 is 1.69 bits per heavy atom. The molecule has 0 radical (unpaired) electrons. The minimum atomic E-state index is -4.84. The van der Waals surface area contributed by atoms with Crippen LogP contribution < -0.4 is 14.8 Å². The van der Waals surface area contributed by atoms with E-state index in [-0.39, 0.29) is 27.8 Å². The molecule has 42 heavy (non-hydrogen) atoms. The third-order valence-electron chi connectivity index (χ3n) is 6.16. The van der Waals surface area contributed by atoms with Crippen LogP contribution >= 0.6 is 0 Å². The lowest BCUT2D eigenvalue weighted by Crippen LogP contribution is -2.32. The van der Waals surface area contributed by atoms with Crippen molar-refractivity contribution in [2.45, 2.75) is 77.2 Å². The van der Waals surface area contributed by atoms with Crippen molar-refractivity contribution in [3.05, 3.63) is 59.0 Å². The Labute approximate surface area is 242 Å². The van der Waals surface area contributed by atoms with E-state index in [4.69, 9.17) is 9.47 Å². The summed E-state index contributed by atoms with van der Waals surface area (Å²) in [6.07, 6.45) is -3.53. The predicted molar refractivity (Wildman–Crippen MR) is 148 cm³/mol. The molecule has 0 saturated carbocycles. The molecule has 2 heterocycles. The Balaban J connectivity index is 2.02. The van der Waals surface area contributed by atoms with Crippen LogP contribution in [0.4, 0.5) is 13.2 Å². The maximum absolute atomic E-state index is 14.2. The molecule has 230 valence electrons. The summed E-state index contributed by atoms with van der Waals surface area (Å²) in [5.41, 5.74) is -1.54. The first-order chi connectivity index (χ1) is 19.4. The van der Waals surface area contributed by atoms with E-state index in [1.165, 1.54) is 42.8 Å². The number of benzene rings is 1. The number of amides is 1. The molecule has 2 N–H and O–H groups in total. The summed E-state index contributed by atoms with van der Waals surface area (Å²) >= 11 is 0. The number of halogens is 3. The predicted octanol–water partition coefficient (Wildman–Crippen LogP) is 5.20. The third-order valence-corrected chi connectivity index (χ3v) is 7.91. The van der Waals surface area contributed by atoms with Gasteiger partial charge in [0.05, 0.1) is 47.3 Å². The summed E-state index contributed by atoms with van der Waals surface area (Å²) in [7, 11) is -3.44. The molecule has 0 fully saturated rings. The number of aromatic nitrogens is 3. The third kappa shape index (κ3) is 7.21. The number of alkyl halides is 3. The molecule has 2 aromatic heterocycles. The zero-order valence-corrected chi connectivity index (χ0v) is 25.2. The van der Waals surface area contributed by atoms with E-state index in [9.17, 15) is 31.5 Å². The number of carbonyl (C=O) groups excluding carboxylic acids is 1. The number of nitrogens with one attached hydrogen (secondary N) is 1. The second-order valence-electron chi connectivity index (χ2n) is 10.8. The fourth-order valence-electron chi connectivity index (χ4n) is 4.03. The van der Waals surface area contributed by atoms with Crippen LogP contribution in [0.15, 0.2) is 41.6 Å². The number of rotatable bonds is 10. The average Bonchev–Trinajstić information content (AvgIpc) is 3.22. The van der Waals surface area contributed by atoms with Gasteiger partial charge >= 0.3 is 6.18 Å². The van der Waals surface area contributed by atoms with Crippen molar-refractivity contribution in [2.75, 3.05) is 12.4 Å². The quantitative estimate of drug-likeness (QED) is 0.320. The van der Waals surface area contributed by atoms with Gasteiger partial charge in [0.25, 0.3) is 5.91 Å². The van der Waals surface area contributed by atoms with Crippen LogP contribution in [0.2, 0.25) is 0 Å². The molecule has 0 saturated heterocycles. The minimum Gasteiger partial charge on any atom is -0.489 e. The standard InChI is InChI=1S/C28H35F3N4O6S/c1-8-42(38,39)19-11-9-18(10-12-19)20(15-36)33-25(37)24-17(4)26(35(34-24)27(5,6)7)41-22-14-32-13-21(40-16(2)3)23(22)28(29,30)31/h9-14,16,20,36H,8,15H2,1-7H3,(H,33,37). The van der Waals surface area contributed by atoms with Gasteiger partial charge in [0.15, 0.2) is 27.0 Å². The van der Waals surface area contributed by atoms with Crippen molar-refractivity contribution >= 4 is 15.7 Å². The second kappa shape index (κ2) is 12.3. The van der Waals surface area contributed by atoms with Gasteiger partial charge in [-0.3, -0.25) is 9.78 Å². The largest absolute Gasteiger partial charge is 0.489 e. The molecule has 1 unspecified atom stereocenters. The molecule has 0 aliphatic carbocycles. The number of aliphatic hydroxyl groups is 1. The maximum atomic E-state index is 14.2. The van der Waals surface area contributed by atoms with E-state index in [2.05, 4.69) is 15.4 Å². The lowest BCUT2D eigenvalue weighted by molar-refractivity contribution is -0.140. The molecule has 1 atom stereocenters. The number of pyridine rings is 1. The molecule has 0 bridgehead atoms. The Morgan fingerprint density at radius 3 is 2.19 bits per heavy atom. The van der Waals surface area contributed by atoms with Crippen LogP contribution in [0.25, 0.3) is 0 Å². The Hall–Kier alpha value is -3.65. The van der Waals surface area contributed by atoms with E-state index in [0.29, 0.717) is 5.56 Å². The topological polar surface area (TPSA) is 133 Å². The van der Waals surface area contributed by atoms with Crippen LogP contribution in [0.5, 0.6) is 17.4 Å². The van der Waals surface area contributed by atoms with Gasteiger partial charge in [-0.15, -0.1) is 0 Å². The molecule has 1 aromatic carbocycles. The van der Waals surface area contributed by atoms with Crippen LogP contribution in [0.1, 0.15) is 74.8 Å². The summed E-state index contributed by atoms with van der Waals surface area (Å²) in [4.78, 5) is 17.3. The molecule has 14 heteroatoms. The van der Waals surface area contributed by atoms with E-state index >= 15 is 0 Å². The van der Waals surface area contributed by atoms with Gasteiger partial charge < -0.3 is 19.9 Å². The Bertz CT molecular complexity index is 1530. The van der Waals surface area contributed by atoms with Gasteiger partial charge in [-0.05, 0) is 59.2 Å². The zero-order valence-electron chi connectivity index (χ0n) is 24.4. The molecule has 0 spiro atoms. The van der Waals surface area contributed by atoms with E-state index in [0.717, 1.165) is 12.4 Å². The number of hydrogen-bond acceptors (Lipinski definition) is 8. The molecule has 10 nitrogen and oxygen atoms in total. The molecule has 3 rings (SSSR count). The Morgan fingerprint density at radius 1 is 1.10 bits per heavy atom. The molecular weight excluding hydrogens is 577 g/mol. The van der Waals surface area contributed by atoms with Crippen LogP contribution in [0.3, 0.4) is 0 Å². The van der Waals surface area contributed by atoms with E-state index < -0.39 is 63.3 Å². The smallest absolute Gasteiger partial charge is 0.423 e. The molecule has 1 amide bonds. The number of aliphatic hydroxyl groups excluding tert-OH is 1. The zero-order chi connectivity index (χ0) is 31.6. The second-order valence-corrected chi connectivity index (χ2v) is 13.1. The van der Waals surface area contributed by atoms with Crippen LogP contribution in [-0.2, 0) is 21.6 Å². The fraction of sp³-hybridized carbons (Fsp3) is 0.464. The summed E-state index contributed by atoms with van der Waals surface area (Å²) in [6, 6.07) is 4.81. The summed E-state index contributed by atoms with van der Waals surface area (Å²) < 4.78 is 79.2. The van der Waals surface area contributed by atoms with Gasteiger partial charge in [0.1, 0.15) is 5.56 Å². The van der Waals surface area contributed by atoms with Crippen LogP contribution in [-0.4, -0.2) is 52.7 Å². The minimum absolute atomic E-state index is 0.0812. The summed E-state index contributed by atoms with van der Waals surface area (Å²) in [6.45, 7) is 10.8. The number of ether oxygens (including phenoxy) is 2. The van der Waals surface area contributed by atoms with Crippen molar-refractivity contribution in [3.8, 4) is 17.4 Å². The SMILES string of the molecule is CCS(=O)(=O)c1ccc(C(CO)NC(=O)c2nn(C(C)(C)C)c(Oc3cncc(OC(C)C)c3C(F)(F)F)c2C)cc1. The highest BCUT2D eigenvalue weighted by atomic mass is 32.2. The fourth-order valence-corrected chi connectivity index (χ4v) is 4.92. The lowest BCUT2D eigenvalue weighted by atomic mass is 10.1. The highest BCUT2D eigenvalue weighted by Gasteiger charge is 2.40. The average molecular weight is 613 g/mol. The highest BCUT2D eigenvalue weighted by molar-refractivity contribution is 7.91. The van der Waals surface area contributed by atoms with Crippen molar-refractivity contribution in [1.82, 2.24) is 20.1 Å². The first-order valence-corrected chi connectivity index (χ1v) is 14.8. The van der Waals surface area contributed by atoms with E-state index in [1.54, 1.807) is 34.6 Å². The van der Waals surface area contributed by atoms with Crippen molar-refractivity contribution < 1.29 is 41.0 Å². The van der Waals surface area contributed by atoms with Gasteiger partial charge in [0.2, 0.25) is 5.88 Å². The molecule has 0 aliphatic rings. The normalized spacial score (nSPS) is 13.2. The Kier molecular flexibility index (Phi) is 9.62. The number of carbonyl (C=O) groups is 1. The maximum Gasteiger partial charge on any atom is 0.423 e. The number of hydrogen-bond donors (Lipinski definition) is 2. The number of nitrogens with zero attached hydrogens (tertiary/aromatic N) is 3. The molecule has 3 aromatic rings. The monoisotopic (exact) mass is 612 g/mol. The van der Waals surface area contributed by atoms with Crippen molar-refractivity contribution in [2.24, 2.45) is 0 Å². The first-order valence-electron chi connectivity index (χ1n) is 13.1. The van der Waals surface area contributed by atoms with Gasteiger partial charge in [0, 0.05) is 5.56 Å². The number of sulfone groups is 1. The molecule has 0 aliphatic heterocycles. The van der Waals surface area contributed by atoms with Gasteiger partial charge in [-0.2, -0.15) is 18.3 Å². The summed E-state index contributed by atoms with van der Waals surface area (Å²) in [5, 5.41) is 17.0. The lowest BCUT2D eigenvalue weighted by Gasteiger charge is -2.23. The van der Waals surface area contributed by atoms with Crippen LogP contribution in [0, 0.1) is 6.92 Å². The summed E-state index contributed by atoms with van der Waals surface area (Å²) in [5.74, 6) is -2.05. The van der Waals surface area contributed by atoms with Crippen molar-refractivity contribution in [3.63, 3.8) is 0 Å². The molecular formula is C28H35F3N4O6S. The highest BCUT2D eigenvalue weighted by Crippen LogP contribution is 2.44. The van der Waals surface area contributed by atoms with Gasteiger partial charge in [-0.1, -0.05) is 19.1 Å². The van der Waals surface area contributed by atoms with Crippen molar-refractivity contribution in [1.29, 1.82) is 0 Å². The van der Waals surface area contributed by atoms with Gasteiger partial charge in [-0.25, -0.2) is 13.1 Å².